The summed E-state index contributed by atoms with van der Waals surface area (Å²) in [4.78, 5) is 27.2. The van der Waals surface area contributed by atoms with E-state index in [0.717, 1.165) is 18.4 Å². The lowest BCUT2D eigenvalue weighted by Gasteiger charge is -2.37. The minimum absolute atomic E-state index is 0.0389. The van der Waals surface area contributed by atoms with Crippen molar-refractivity contribution in [2.75, 3.05) is 26.3 Å². The van der Waals surface area contributed by atoms with E-state index in [1.165, 1.54) is 11.3 Å². The van der Waals surface area contributed by atoms with Gasteiger partial charge in [-0.15, -0.1) is 0 Å². The van der Waals surface area contributed by atoms with Crippen LogP contribution in [0.5, 0.6) is 0 Å². The molecule has 2 aliphatic rings. The standard InChI is InChI=1S/C17H24N2O3S/c1-12(2)18-15(20)14-9-19(16(21)13-3-8-23-10-13)11-17(14)4-6-22-7-5-17/h3,8,10,12,14H,4-7,9,11H2,1-2H3,(H,18,20). The second kappa shape index (κ2) is 6.61. The Morgan fingerprint density at radius 1 is 1.39 bits per heavy atom. The van der Waals surface area contributed by atoms with Crippen LogP contribution in [0.3, 0.4) is 0 Å². The molecule has 23 heavy (non-hydrogen) atoms. The lowest BCUT2D eigenvalue weighted by Crippen LogP contribution is -2.46. The highest BCUT2D eigenvalue weighted by atomic mass is 32.1. The Morgan fingerprint density at radius 3 is 2.74 bits per heavy atom. The lowest BCUT2D eigenvalue weighted by atomic mass is 9.71. The largest absolute Gasteiger partial charge is 0.381 e. The molecule has 0 saturated carbocycles. The Bertz CT molecular complexity index is 564. The molecule has 1 atom stereocenters. The van der Waals surface area contributed by atoms with Crippen LogP contribution in [0, 0.1) is 11.3 Å². The molecule has 2 fully saturated rings. The van der Waals surface area contributed by atoms with E-state index in [-0.39, 0.29) is 29.2 Å². The van der Waals surface area contributed by atoms with Crippen molar-refractivity contribution >= 4 is 23.2 Å². The minimum atomic E-state index is -0.142. The Hall–Kier alpha value is -1.40. The molecule has 0 aromatic carbocycles. The number of hydrogen-bond donors (Lipinski definition) is 1. The number of amides is 2. The van der Waals surface area contributed by atoms with E-state index in [0.29, 0.717) is 26.3 Å². The maximum Gasteiger partial charge on any atom is 0.254 e. The Labute approximate surface area is 141 Å². The number of carbonyl (C=O) groups excluding carboxylic acids is 2. The zero-order valence-corrected chi connectivity index (χ0v) is 14.5. The molecule has 0 aliphatic carbocycles. The van der Waals surface area contributed by atoms with Gasteiger partial charge in [0.2, 0.25) is 5.91 Å². The van der Waals surface area contributed by atoms with Gasteiger partial charge in [-0.2, -0.15) is 11.3 Å². The molecule has 0 bridgehead atoms. The van der Waals surface area contributed by atoms with Crippen molar-refractivity contribution in [1.82, 2.24) is 10.2 Å². The van der Waals surface area contributed by atoms with Crippen molar-refractivity contribution in [2.24, 2.45) is 11.3 Å². The molecule has 3 rings (SSSR count). The fourth-order valence-electron chi connectivity index (χ4n) is 3.72. The third-order valence-electron chi connectivity index (χ3n) is 4.94. The molecule has 3 heterocycles. The molecule has 126 valence electrons. The summed E-state index contributed by atoms with van der Waals surface area (Å²) in [5.41, 5.74) is 0.588. The first kappa shape index (κ1) is 16.5. The summed E-state index contributed by atoms with van der Waals surface area (Å²) < 4.78 is 5.50. The molecule has 2 aliphatic heterocycles. The second-order valence-corrected chi connectivity index (χ2v) is 7.67. The Balaban J connectivity index is 1.81. The van der Waals surface area contributed by atoms with E-state index in [9.17, 15) is 9.59 Å². The van der Waals surface area contributed by atoms with Gasteiger partial charge < -0.3 is 15.0 Å². The van der Waals surface area contributed by atoms with Crippen LogP contribution in [-0.4, -0.2) is 49.1 Å². The topological polar surface area (TPSA) is 58.6 Å². The normalized spacial score (nSPS) is 23.4. The first-order valence-electron chi connectivity index (χ1n) is 8.21. The molecule has 2 saturated heterocycles. The van der Waals surface area contributed by atoms with Crippen LogP contribution in [0.25, 0.3) is 0 Å². The first-order chi connectivity index (χ1) is 11.0. The third kappa shape index (κ3) is 3.28. The first-order valence-corrected chi connectivity index (χ1v) is 9.16. The predicted molar refractivity (Wildman–Crippen MR) is 89.5 cm³/mol. The maximum atomic E-state index is 12.7. The Kier molecular flexibility index (Phi) is 4.73. The number of likely N-dealkylation sites (tertiary alicyclic amines) is 1. The van der Waals surface area contributed by atoms with Crippen LogP contribution in [0.4, 0.5) is 0 Å². The summed E-state index contributed by atoms with van der Waals surface area (Å²) in [6.45, 7) is 6.45. The summed E-state index contributed by atoms with van der Waals surface area (Å²) in [6.07, 6.45) is 1.69. The SMILES string of the molecule is CC(C)NC(=O)C1CN(C(=O)c2ccsc2)CC12CCOCC2. The van der Waals surface area contributed by atoms with Gasteiger partial charge in [-0.3, -0.25) is 9.59 Å². The van der Waals surface area contributed by atoms with Crippen molar-refractivity contribution < 1.29 is 14.3 Å². The highest BCUT2D eigenvalue weighted by Gasteiger charge is 2.51. The fourth-order valence-corrected chi connectivity index (χ4v) is 4.35. The molecular formula is C17H24N2O3S. The van der Waals surface area contributed by atoms with E-state index in [2.05, 4.69) is 5.32 Å². The smallest absolute Gasteiger partial charge is 0.254 e. The third-order valence-corrected chi connectivity index (χ3v) is 5.62. The van der Waals surface area contributed by atoms with Crippen LogP contribution >= 0.6 is 11.3 Å². The van der Waals surface area contributed by atoms with Gasteiger partial charge in [0.25, 0.3) is 5.91 Å². The Morgan fingerprint density at radius 2 is 2.13 bits per heavy atom. The van der Waals surface area contributed by atoms with Crippen LogP contribution in [0.1, 0.15) is 37.0 Å². The summed E-state index contributed by atoms with van der Waals surface area (Å²) in [6, 6.07) is 1.96. The number of ether oxygens (including phenoxy) is 1. The van der Waals surface area contributed by atoms with Gasteiger partial charge in [-0.05, 0) is 38.1 Å². The van der Waals surface area contributed by atoms with Crippen molar-refractivity contribution in [3.63, 3.8) is 0 Å². The number of rotatable bonds is 3. The van der Waals surface area contributed by atoms with Crippen LogP contribution in [0.2, 0.25) is 0 Å². The predicted octanol–water partition coefficient (Wildman–Crippen LogP) is 2.14. The molecule has 1 aromatic rings. The van der Waals surface area contributed by atoms with Crippen molar-refractivity contribution in [3.8, 4) is 0 Å². The van der Waals surface area contributed by atoms with Gasteiger partial charge in [0, 0.05) is 43.1 Å². The number of nitrogens with zero attached hydrogens (tertiary/aromatic N) is 1. The summed E-state index contributed by atoms with van der Waals surface area (Å²) >= 11 is 1.52. The summed E-state index contributed by atoms with van der Waals surface area (Å²) in [5.74, 6) is -0.0316. The molecule has 5 nitrogen and oxygen atoms in total. The highest BCUT2D eigenvalue weighted by Crippen LogP contribution is 2.44. The zero-order valence-electron chi connectivity index (χ0n) is 13.7. The van der Waals surface area contributed by atoms with Gasteiger partial charge in [-0.25, -0.2) is 0 Å². The van der Waals surface area contributed by atoms with E-state index in [1.807, 2.05) is 35.6 Å². The highest BCUT2D eigenvalue weighted by molar-refractivity contribution is 7.08. The van der Waals surface area contributed by atoms with Crippen LogP contribution in [0.15, 0.2) is 16.8 Å². The minimum Gasteiger partial charge on any atom is -0.381 e. The number of nitrogens with one attached hydrogen (secondary N) is 1. The van der Waals surface area contributed by atoms with Gasteiger partial charge >= 0.3 is 0 Å². The van der Waals surface area contributed by atoms with E-state index in [1.54, 1.807) is 0 Å². The molecule has 6 heteroatoms. The summed E-state index contributed by atoms with van der Waals surface area (Å²) in [7, 11) is 0. The maximum absolute atomic E-state index is 12.7. The van der Waals surface area contributed by atoms with Crippen LogP contribution in [-0.2, 0) is 9.53 Å². The molecule has 1 N–H and O–H groups in total. The molecule has 0 radical (unpaired) electrons. The van der Waals surface area contributed by atoms with Crippen LogP contribution < -0.4 is 5.32 Å². The number of thiophene rings is 1. The molecule has 1 unspecified atom stereocenters. The van der Waals surface area contributed by atoms with Crippen molar-refractivity contribution in [1.29, 1.82) is 0 Å². The quantitative estimate of drug-likeness (QED) is 0.920. The van der Waals surface area contributed by atoms with Crippen molar-refractivity contribution in [3.05, 3.63) is 22.4 Å². The van der Waals surface area contributed by atoms with E-state index >= 15 is 0 Å². The summed E-state index contributed by atoms with van der Waals surface area (Å²) in [5, 5.41) is 6.82. The molecule has 1 spiro atoms. The van der Waals surface area contributed by atoms with E-state index < -0.39 is 0 Å². The monoisotopic (exact) mass is 336 g/mol. The zero-order chi connectivity index (χ0) is 16.4. The van der Waals surface area contributed by atoms with Gasteiger partial charge in [0.05, 0.1) is 11.5 Å². The second-order valence-electron chi connectivity index (χ2n) is 6.89. The molecule has 2 amide bonds. The number of hydrogen-bond acceptors (Lipinski definition) is 4. The van der Waals surface area contributed by atoms with Gasteiger partial charge in [-0.1, -0.05) is 0 Å². The van der Waals surface area contributed by atoms with Crippen molar-refractivity contribution in [2.45, 2.75) is 32.7 Å². The van der Waals surface area contributed by atoms with Gasteiger partial charge in [0.1, 0.15) is 0 Å². The van der Waals surface area contributed by atoms with E-state index in [4.69, 9.17) is 4.74 Å². The molecule has 1 aromatic heterocycles. The average Bonchev–Trinajstić information content (AvgIpc) is 3.15. The van der Waals surface area contributed by atoms with Gasteiger partial charge in [0.15, 0.2) is 0 Å². The molecular weight excluding hydrogens is 312 g/mol. The number of carbonyl (C=O) groups is 2. The average molecular weight is 336 g/mol. The lowest BCUT2D eigenvalue weighted by molar-refractivity contribution is -0.130. The fraction of sp³-hybridized carbons (Fsp3) is 0.647.